The summed E-state index contributed by atoms with van der Waals surface area (Å²) in [6.45, 7) is 1.16. The summed E-state index contributed by atoms with van der Waals surface area (Å²) in [5, 5.41) is 17.5. The molecule has 116 valence electrons. The number of hydrogen-bond acceptors (Lipinski definition) is 4. The first kappa shape index (κ1) is 18.2. The maximum Gasteiger partial charge on any atom is 0.246 e. The summed E-state index contributed by atoms with van der Waals surface area (Å²) < 4.78 is 26.1. The van der Waals surface area contributed by atoms with Crippen LogP contribution in [0.15, 0.2) is 17.0 Å². The molecule has 0 bridgehead atoms. The number of sulfonamides is 1. The van der Waals surface area contributed by atoms with Crippen molar-refractivity contribution in [2.45, 2.75) is 11.8 Å². The van der Waals surface area contributed by atoms with Crippen LogP contribution in [-0.4, -0.2) is 49.2 Å². The molecule has 0 aromatic heterocycles. The van der Waals surface area contributed by atoms with Gasteiger partial charge in [-0.2, -0.15) is 4.31 Å². The summed E-state index contributed by atoms with van der Waals surface area (Å²) >= 11 is 12.0. The zero-order chi connectivity index (χ0) is 16.0. The molecule has 1 aromatic carbocycles. The molecule has 0 saturated heterocycles. The van der Waals surface area contributed by atoms with Crippen LogP contribution < -0.4 is 0 Å². The Balaban J connectivity index is 3.37. The largest absolute Gasteiger partial charge is 0.395 e. The van der Waals surface area contributed by atoms with Gasteiger partial charge in [0.25, 0.3) is 0 Å². The van der Waals surface area contributed by atoms with E-state index in [-0.39, 0.29) is 41.2 Å². The van der Waals surface area contributed by atoms with Crippen LogP contribution in [0.2, 0.25) is 10.0 Å². The van der Waals surface area contributed by atoms with Gasteiger partial charge in [0.2, 0.25) is 10.0 Å². The Hall–Kier alpha value is -0.810. The molecule has 0 aliphatic carbocycles. The molecule has 0 spiro atoms. The molecular formula is C13H15Cl2NO4S. The number of benzene rings is 1. The predicted molar refractivity (Wildman–Crippen MR) is 81.9 cm³/mol. The van der Waals surface area contributed by atoms with Gasteiger partial charge in [-0.15, -0.1) is 0 Å². The summed E-state index contributed by atoms with van der Waals surface area (Å²) in [7, 11) is -3.90. The van der Waals surface area contributed by atoms with E-state index < -0.39 is 10.0 Å². The third kappa shape index (κ3) is 4.33. The highest BCUT2D eigenvalue weighted by atomic mass is 35.5. The lowest BCUT2D eigenvalue weighted by atomic mass is 10.2. The summed E-state index contributed by atoms with van der Waals surface area (Å²) in [6, 6.07) is 2.74. The Labute approximate surface area is 134 Å². The van der Waals surface area contributed by atoms with Crippen molar-refractivity contribution >= 4 is 33.2 Å². The number of hydrogen-bond donors (Lipinski definition) is 2. The highest BCUT2D eigenvalue weighted by molar-refractivity contribution is 7.89. The minimum absolute atomic E-state index is 0.0441. The molecule has 1 aromatic rings. The Morgan fingerprint density at radius 3 is 2.24 bits per heavy atom. The molecular weight excluding hydrogens is 337 g/mol. The molecule has 0 fully saturated rings. The second kappa shape index (κ2) is 7.99. The number of nitrogens with zero attached hydrogens (tertiary/aromatic N) is 1. The molecule has 21 heavy (non-hydrogen) atoms. The van der Waals surface area contributed by atoms with Crippen LogP contribution in [0.5, 0.6) is 0 Å². The lowest BCUT2D eigenvalue weighted by molar-refractivity contribution is 0.257. The van der Waals surface area contributed by atoms with Gasteiger partial charge >= 0.3 is 0 Å². The van der Waals surface area contributed by atoms with E-state index in [9.17, 15) is 8.42 Å². The van der Waals surface area contributed by atoms with E-state index in [0.29, 0.717) is 5.56 Å². The van der Waals surface area contributed by atoms with Gasteiger partial charge in [-0.25, -0.2) is 8.42 Å². The smallest absolute Gasteiger partial charge is 0.246 e. The van der Waals surface area contributed by atoms with Crippen molar-refractivity contribution in [3.8, 4) is 11.8 Å². The number of likely N-dealkylation sites (N-methyl/N-ethyl adjacent to an activating group) is 1. The first-order valence-corrected chi connectivity index (χ1v) is 8.27. The minimum Gasteiger partial charge on any atom is -0.395 e. The first-order valence-electron chi connectivity index (χ1n) is 6.08. The molecule has 8 heteroatoms. The predicted octanol–water partition coefficient (Wildman–Crippen LogP) is 1.34. The Morgan fingerprint density at radius 2 is 1.81 bits per heavy atom. The molecule has 0 saturated carbocycles. The summed E-state index contributed by atoms with van der Waals surface area (Å²) in [5.41, 5.74) is 0.406. The van der Waals surface area contributed by atoms with Crippen LogP contribution >= 0.6 is 23.2 Å². The van der Waals surface area contributed by atoms with Crippen molar-refractivity contribution in [3.05, 3.63) is 27.7 Å². The van der Waals surface area contributed by atoms with E-state index in [0.717, 1.165) is 4.31 Å². The maximum absolute atomic E-state index is 12.5. The third-order valence-corrected chi connectivity index (χ3v) is 5.51. The topological polar surface area (TPSA) is 77.8 Å². The fourth-order valence-corrected chi connectivity index (χ4v) is 4.31. The van der Waals surface area contributed by atoms with Gasteiger partial charge in [0.05, 0.1) is 16.7 Å². The Bertz CT molecular complexity index is 641. The third-order valence-electron chi connectivity index (χ3n) is 2.61. The van der Waals surface area contributed by atoms with Crippen molar-refractivity contribution < 1.29 is 18.6 Å². The normalized spacial score (nSPS) is 11.3. The molecule has 0 amide bonds. The fourth-order valence-electron chi connectivity index (χ4n) is 1.71. The van der Waals surface area contributed by atoms with Crippen molar-refractivity contribution in [2.24, 2.45) is 0 Å². The highest BCUT2D eigenvalue weighted by Crippen LogP contribution is 2.32. The average Bonchev–Trinajstić information content (AvgIpc) is 2.41. The van der Waals surface area contributed by atoms with E-state index >= 15 is 0 Å². The molecule has 0 heterocycles. The molecule has 0 atom stereocenters. The van der Waals surface area contributed by atoms with Crippen LogP contribution in [-0.2, 0) is 10.0 Å². The fraction of sp³-hybridized carbons (Fsp3) is 0.385. The molecule has 1 rings (SSSR count). The number of halogens is 2. The number of rotatable bonds is 5. The lowest BCUT2D eigenvalue weighted by Gasteiger charge is -2.21. The van der Waals surface area contributed by atoms with Gasteiger partial charge in [0, 0.05) is 18.7 Å². The standard InChI is InChI=1S/C13H15Cl2NO4S/c1-2-16(5-7-18)21(19,20)13-11(14)8-10(4-3-6-17)9-12(13)15/h8-9,17-18H,2,5-7H2,1H3. The minimum atomic E-state index is -3.90. The average molecular weight is 352 g/mol. The van der Waals surface area contributed by atoms with Crippen LogP contribution in [0.25, 0.3) is 0 Å². The molecule has 2 N–H and O–H groups in total. The van der Waals surface area contributed by atoms with Crippen molar-refractivity contribution in [1.29, 1.82) is 0 Å². The van der Waals surface area contributed by atoms with Gasteiger partial charge in [-0.1, -0.05) is 42.0 Å². The molecule has 5 nitrogen and oxygen atoms in total. The Morgan fingerprint density at radius 1 is 1.24 bits per heavy atom. The zero-order valence-corrected chi connectivity index (χ0v) is 13.6. The molecule has 0 aliphatic rings. The zero-order valence-electron chi connectivity index (χ0n) is 11.3. The van der Waals surface area contributed by atoms with Gasteiger partial charge in [-0.3, -0.25) is 0 Å². The second-order valence-electron chi connectivity index (χ2n) is 3.95. The van der Waals surface area contributed by atoms with Gasteiger partial charge in [-0.05, 0) is 12.1 Å². The summed E-state index contributed by atoms with van der Waals surface area (Å²) in [5.74, 6) is 5.03. The summed E-state index contributed by atoms with van der Waals surface area (Å²) in [4.78, 5) is -0.212. The number of aliphatic hydroxyl groups is 2. The van der Waals surface area contributed by atoms with Gasteiger partial charge < -0.3 is 10.2 Å². The van der Waals surface area contributed by atoms with E-state index in [2.05, 4.69) is 11.8 Å². The van der Waals surface area contributed by atoms with Gasteiger partial charge in [0.15, 0.2) is 0 Å². The van der Waals surface area contributed by atoms with E-state index in [1.165, 1.54) is 12.1 Å². The van der Waals surface area contributed by atoms with E-state index in [4.69, 9.17) is 33.4 Å². The van der Waals surface area contributed by atoms with E-state index in [1.807, 2.05) is 0 Å². The van der Waals surface area contributed by atoms with Crippen molar-refractivity contribution in [1.82, 2.24) is 4.31 Å². The van der Waals surface area contributed by atoms with Gasteiger partial charge in [0.1, 0.15) is 11.5 Å². The molecule has 0 aliphatic heterocycles. The lowest BCUT2D eigenvalue weighted by Crippen LogP contribution is -2.33. The van der Waals surface area contributed by atoms with Crippen LogP contribution in [0.1, 0.15) is 12.5 Å². The first-order chi connectivity index (χ1) is 9.88. The van der Waals surface area contributed by atoms with Crippen LogP contribution in [0.3, 0.4) is 0 Å². The monoisotopic (exact) mass is 351 g/mol. The Kier molecular flexibility index (Phi) is 6.94. The maximum atomic E-state index is 12.5. The van der Waals surface area contributed by atoms with Crippen molar-refractivity contribution in [3.63, 3.8) is 0 Å². The molecule has 0 unspecified atom stereocenters. The van der Waals surface area contributed by atoms with Crippen LogP contribution in [0, 0.1) is 11.8 Å². The highest BCUT2D eigenvalue weighted by Gasteiger charge is 2.28. The summed E-state index contributed by atoms with van der Waals surface area (Å²) in [6.07, 6.45) is 0. The quantitative estimate of drug-likeness (QED) is 0.784. The number of aliphatic hydroxyl groups excluding tert-OH is 2. The second-order valence-corrected chi connectivity index (χ2v) is 6.64. The SMILES string of the molecule is CCN(CCO)S(=O)(=O)c1c(Cl)cc(C#CCO)cc1Cl. The van der Waals surface area contributed by atoms with Crippen LogP contribution in [0.4, 0.5) is 0 Å². The van der Waals surface area contributed by atoms with Crippen molar-refractivity contribution in [2.75, 3.05) is 26.3 Å². The molecule has 0 radical (unpaired) electrons. The van der Waals surface area contributed by atoms with E-state index in [1.54, 1.807) is 6.92 Å².